The van der Waals surface area contributed by atoms with Crippen LogP contribution in [0.4, 0.5) is 4.39 Å². The quantitative estimate of drug-likeness (QED) is 0.823. The van der Waals surface area contributed by atoms with Crippen LogP contribution in [0.2, 0.25) is 5.02 Å². The van der Waals surface area contributed by atoms with Crippen LogP contribution in [0.1, 0.15) is 18.4 Å². The van der Waals surface area contributed by atoms with Crippen LogP contribution in [0, 0.1) is 5.82 Å². The molecule has 0 aromatic heterocycles. The molecule has 0 heterocycles. The molecule has 0 saturated heterocycles. The maximum Gasteiger partial charge on any atom is 0.183 e. The molecule has 0 unspecified atom stereocenters. The van der Waals surface area contributed by atoms with Crippen LogP contribution in [-0.2, 0) is 5.60 Å². The SMILES string of the molecule is COc1cc(C2(O)CC2)cc(Cl)c1F. The Morgan fingerprint density at radius 2 is 2.14 bits per heavy atom. The van der Waals surface area contributed by atoms with E-state index in [9.17, 15) is 9.50 Å². The third-order valence-electron chi connectivity index (χ3n) is 2.48. The molecule has 76 valence electrons. The molecule has 1 aliphatic carbocycles. The molecule has 1 aromatic carbocycles. The van der Waals surface area contributed by atoms with Crippen LogP contribution >= 0.6 is 11.6 Å². The Morgan fingerprint density at radius 1 is 1.50 bits per heavy atom. The van der Waals surface area contributed by atoms with Crippen LogP contribution in [0.25, 0.3) is 0 Å². The number of methoxy groups -OCH3 is 1. The number of hydrogen-bond acceptors (Lipinski definition) is 2. The second-order valence-electron chi connectivity index (χ2n) is 3.51. The molecule has 2 nitrogen and oxygen atoms in total. The first-order valence-electron chi connectivity index (χ1n) is 4.33. The smallest absolute Gasteiger partial charge is 0.183 e. The van der Waals surface area contributed by atoms with Gasteiger partial charge in [-0.25, -0.2) is 4.39 Å². The van der Waals surface area contributed by atoms with Gasteiger partial charge >= 0.3 is 0 Å². The fourth-order valence-corrected chi connectivity index (χ4v) is 1.60. The van der Waals surface area contributed by atoms with Crippen LogP contribution in [0.15, 0.2) is 12.1 Å². The molecule has 1 fully saturated rings. The van der Waals surface area contributed by atoms with Gasteiger partial charge in [0.15, 0.2) is 11.6 Å². The van der Waals surface area contributed by atoms with E-state index in [-0.39, 0.29) is 10.8 Å². The summed E-state index contributed by atoms with van der Waals surface area (Å²) in [6, 6.07) is 2.95. The Labute approximate surface area is 86.3 Å². The molecular formula is C10H10ClFO2. The van der Waals surface area contributed by atoms with Crippen molar-refractivity contribution in [3.05, 3.63) is 28.5 Å². The third kappa shape index (κ3) is 1.47. The van der Waals surface area contributed by atoms with E-state index in [2.05, 4.69) is 0 Å². The van der Waals surface area contributed by atoms with Gasteiger partial charge < -0.3 is 9.84 Å². The predicted molar refractivity (Wildman–Crippen MR) is 51.1 cm³/mol. The van der Waals surface area contributed by atoms with Crippen LogP contribution in [0.5, 0.6) is 5.75 Å². The summed E-state index contributed by atoms with van der Waals surface area (Å²) in [6.07, 6.45) is 1.39. The van der Waals surface area contributed by atoms with Crippen molar-refractivity contribution in [2.75, 3.05) is 7.11 Å². The molecule has 2 rings (SSSR count). The Hall–Kier alpha value is -0.800. The molecule has 1 aromatic rings. The van der Waals surface area contributed by atoms with E-state index in [1.807, 2.05) is 0 Å². The van der Waals surface area contributed by atoms with Gasteiger partial charge in [0.25, 0.3) is 0 Å². The normalized spacial score (nSPS) is 18.0. The van der Waals surface area contributed by atoms with Crippen molar-refractivity contribution in [3.8, 4) is 5.75 Å². The van der Waals surface area contributed by atoms with Crippen molar-refractivity contribution in [3.63, 3.8) is 0 Å². The lowest BCUT2D eigenvalue weighted by Crippen LogP contribution is -2.05. The van der Waals surface area contributed by atoms with Gasteiger partial charge in [-0.05, 0) is 30.5 Å². The first kappa shape index (κ1) is 9.74. The van der Waals surface area contributed by atoms with E-state index in [1.54, 1.807) is 0 Å². The van der Waals surface area contributed by atoms with Gasteiger partial charge in [0.1, 0.15) is 0 Å². The average Bonchev–Trinajstić information content (AvgIpc) is 2.89. The lowest BCUT2D eigenvalue weighted by Gasteiger charge is -2.11. The first-order valence-corrected chi connectivity index (χ1v) is 4.70. The van der Waals surface area contributed by atoms with Gasteiger partial charge in [0.05, 0.1) is 17.7 Å². The van der Waals surface area contributed by atoms with E-state index >= 15 is 0 Å². The highest BCUT2D eigenvalue weighted by atomic mass is 35.5. The number of hydrogen-bond donors (Lipinski definition) is 1. The maximum absolute atomic E-state index is 13.3. The minimum absolute atomic E-state index is 0.0142. The van der Waals surface area contributed by atoms with Gasteiger partial charge in [-0.1, -0.05) is 11.6 Å². The molecule has 14 heavy (non-hydrogen) atoms. The molecule has 0 amide bonds. The second-order valence-corrected chi connectivity index (χ2v) is 3.91. The molecule has 0 atom stereocenters. The Balaban J connectivity index is 2.48. The predicted octanol–water partition coefficient (Wildman–Crippen LogP) is 2.47. The van der Waals surface area contributed by atoms with Crippen molar-refractivity contribution in [1.29, 1.82) is 0 Å². The molecule has 0 spiro atoms. The zero-order valence-corrected chi connectivity index (χ0v) is 8.44. The number of ether oxygens (including phenoxy) is 1. The highest BCUT2D eigenvalue weighted by molar-refractivity contribution is 6.31. The van der Waals surface area contributed by atoms with Gasteiger partial charge in [-0.2, -0.15) is 0 Å². The monoisotopic (exact) mass is 216 g/mol. The van der Waals surface area contributed by atoms with Gasteiger partial charge in [0.2, 0.25) is 0 Å². The molecule has 0 aliphatic heterocycles. The topological polar surface area (TPSA) is 29.5 Å². The summed E-state index contributed by atoms with van der Waals surface area (Å²) in [5.74, 6) is -0.505. The van der Waals surface area contributed by atoms with E-state index < -0.39 is 11.4 Å². The van der Waals surface area contributed by atoms with Gasteiger partial charge in [-0.15, -0.1) is 0 Å². The van der Waals surface area contributed by atoms with E-state index in [0.29, 0.717) is 18.4 Å². The van der Waals surface area contributed by atoms with E-state index in [4.69, 9.17) is 16.3 Å². The summed E-state index contributed by atoms with van der Waals surface area (Å²) >= 11 is 5.67. The Bertz CT molecular complexity index is 375. The van der Waals surface area contributed by atoms with Gasteiger partial charge in [-0.3, -0.25) is 0 Å². The zero-order valence-electron chi connectivity index (χ0n) is 7.68. The van der Waals surface area contributed by atoms with Crippen molar-refractivity contribution in [2.45, 2.75) is 18.4 Å². The highest BCUT2D eigenvalue weighted by Crippen LogP contribution is 2.47. The summed E-state index contributed by atoms with van der Waals surface area (Å²) in [5, 5.41) is 9.78. The first-order chi connectivity index (χ1) is 6.57. The third-order valence-corrected chi connectivity index (χ3v) is 2.75. The summed E-state index contributed by atoms with van der Waals surface area (Å²) < 4.78 is 18.1. The lowest BCUT2D eigenvalue weighted by molar-refractivity contribution is 0.151. The summed E-state index contributed by atoms with van der Waals surface area (Å²) in [7, 11) is 1.37. The molecule has 1 saturated carbocycles. The van der Waals surface area contributed by atoms with Crippen LogP contribution < -0.4 is 4.74 Å². The minimum atomic E-state index is -0.815. The van der Waals surface area contributed by atoms with Crippen molar-refractivity contribution in [1.82, 2.24) is 0 Å². The van der Waals surface area contributed by atoms with Crippen molar-refractivity contribution in [2.24, 2.45) is 0 Å². The highest BCUT2D eigenvalue weighted by Gasteiger charge is 2.42. The fourth-order valence-electron chi connectivity index (χ4n) is 1.39. The zero-order chi connectivity index (χ0) is 10.3. The lowest BCUT2D eigenvalue weighted by atomic mass is 10.1. The molecule has 0 bridgehead atoms. The average molecular weight is 217 g/mol. The number of aliphatic hydroxyl groups is 1. The van der Waals surface area contributed by atoms with E-state index in [0.717, 1.165) is 0 Å². The summed E-state index contributed by atoms with van der Waals surface area (Å²) in [4.78, 5) is 0. The van der Waals surface area contributed by atoms with Crippen LogP contribution in [-0.4, -0.2) is 12.2 Å². The van der Waals surface area contributed by atoms with Crippen LogP contribution in [0.3, 0.4) is 0 Å². The minimum Gasteiger partial charge on any atom is -0.494 e. The van der Waals surface area contributed by atoms with Crippen molar-refractivity contribution < 1.29 is 14.2 Å². The number of halogens is 2. The molecular weight excluding hydrogens is 207 g/mol. The maximum atomic E-state index is 13.3. The fraction of sp³-hybridized carbons (Fsp3) is 0.400. The standard InChI is InChI=1S/C10H10ClFO2/c1-14-8-5-6(10(13)2-3-10)4-7(11)9(8)12/h4-5,13H,2-3H2,1H3. The summed E-state index contributed by atoms with van der Waals surface area (Å²) in [5.41, 5.74) is -0.189. The van der Waals surface area contributed by atoms with E-state index in [1.165, 1.54) is 19.2 Å². The molecule has 1 N–H and O–H groups in total. The molecule has 1 aliphatic rings. The van der Waals surface area contributed by atoms with Crippen molar-refractivity contribution >= 4 is 11.6 Å². The Morgan fingerprint density at radius 3 is 2.64 bits per heavy atom. The molecule has 4 heteroatoms. The molecule has 0 radical (unpaired) electrons. The number of rotatable bonds is 2. The Kier molecular flexibility index (Phi) is 2.16. The summed E-state index contributed by atoms with van der Waals surface area (Å²) in [6.45, 7) is 0. The number of benzene rings is 1. The largest absolute Gasteiger partial charge is 0.494 e. The van der Waals surface area contributed by atoms with Gasteiger partial charge in [0, 0.05) is 0 Å². The second kappa shape index (κ2) is 3.11.